The minimum absolute atomic E-state index is 0.100. The summed E-state index contributed by atoms with van der Waals surface area (Å²) in [6.07, 6.45) is 1.29. The van der Waals surface area contributed by atoms with Crippen molar-refractivity contribution in [1.29, 1.82) is 0 Å². The molecule has 2 aromatic rings. The van der Waals surface area contributed by atoms with Gasteiger partial charge in [-0.3, -0.25) is 14.4 Å². The number of thiophene rings is 1. The number of aromatic amines is 1. The number of aryl methyl sites for hydroxylation is 2. The topological polar surface area (TPSA) is 112 Å². The van der Waals surface area contributed by atoms with Crippen LogP contribution in [0.2, 0.25) is 0 Å². The molecule has 0 aromatic carbocycles. The molecule has 0 spiro atoms. The first-order valence-corrected chi connectivity index (χ1v) is 10.3. The number of carboxylic acid groups (broad SMARTS) is 1. The highest BCUT2D eigenvalue weighted by Crippen LogP contribution is 2.26. The number of amides is 1. The number of hydrogen-bond acceptors (Lipinski definition) is 6. The van der Waals surface area contributed by atoms with Gasteiger partial charge in [0.25, 0.3) is 5.56 Å². The number of nitrogens with zero attached hydrogens (tertiary/aromatic N) is 1. The van der Waals surface area contributed by atoms with Crippen LogP contribution < -0.4 is 10.9 Å². The van der Waals surface area contributed by atoms with Crippen molar-refractivity contribution >= 4 is 45.2 Å². The summed E-state index contributed by atoms with van der Waals surface area (Å²) in [5.41, 5.74) is 0.830. The quantitative estimate of drug-likeness (QED) is 0.561. The van der Waals surface area contributed by atoms with Gasteiger partial charge in [0.1, 0.15) is 10.7 Å². The van der Waals surface area contributed by atoms with Crippen LogP contribution in [-0.2, 0) is 15.3 Å². The number of hydrogen-bond donors (Lipinski definition) is 3. The SMILES string of the molecule is Cc1sc2nc(CSC(C)C(=O)NCCCCC(=O)O)[nH]c(=O)c2c1C. The largest absolute Gasteiger partial charge is 0.481 e. The van der Waals surface area contributed by atoms with E-state index in [0.29, 0.717) is 36.3 Å². The molecule has 7 nitrogen and oxygen atoms in total. The van der Waals surface area contributed by atoms with E-state index in [1.807, 2.05) is 13.8 Å². The fraction of sp³-hybridized carbons (Fsp3) is 0.529. The van der Waals surface area contributed by atoms with Crippen LogP contribution in [0, 0.1) is 13.8 Å². The van der Waals surface area contributed by atoms with Crippen molar-refractivity contribution in [3.8, 4) is 0 Å². The van der Waals surface area contributed by atoms with Crippen LogP contribution in [-0.4, -0.2) is 38.7 Å². The molecule has 0 saturated carbocycles. The van der Waals surface area contributed by atoms with Crippen LogP contribution in [0.4, 0.5) is 0 Å². The molecule has 0 bridgehead atoms. The number of thioether (sulfide) groups is 1. The van der Waals surface area contributed by atoms with Crippen molar-refractivity contribution in [2.45, 2.75) is 51.0 Å². The molecule has 1 amide bonds. The predicted octanol–water partition coefficient (Wildman–Crippen LogP) is 2.59. The molecular weight excluding hydrogens is 374 g/mol. The van der Waals surface area contributed by atoms with E-state index >= 15 is 0 Å². The molecule has 1 atom stereocenters. The zero-order valence-electron chi connectivity index (χ0n) is 15.0. The van der Waals surface area contributed by atoms with Crippen molar-refractivity contribution in [3.05, 3.63) is 26.6 Å². The Labute approximate surface area is 159 Å². The Hall–Kier alpha value is -1.87. The van der Waals surface area contributed by atoms with Crippen molar-refractivity contribution in [2.75, 3.05) is 6.54 Å². The lowest BCUT2D eigenvalue weighted by Crippen LogP contribution is -2.31. The highest BCUT2D eigenvalue weighted by molar-refractivity contribution is 7.99. The minimum atomic E-state index is -0.824. The molecule has 0 saturated heterocycles. The summed E-state index contributed by atoms with van der Waals surface area (Å²) in [5, 5.41) is 11.7. The summed E-state index contributed by atoms with van der Waals surface area (Å²) in [6.45, 7) is 6.15. The lowest BCUT2D eigenvalue weighted by molar-refractivity contribution is -0.137. The van der Waals surface area contributed by atoms with Gasteiger partial charge in [0.15, 0.2) is 0 Å². The standard InChI is InChI=1S/C17H23N3O4S2/c1-9-10(2)26-17-14(9)16(24)19-12(20-17)8-25-11(3)15(23)18-7-5-4-6-13(21)22/h11H,4-8H2,1-3H3,(H,18,23)(H,21,22)(H,19,20,24). The number of carbonyl (C=O) groups is 2. The van der Waals surface area contributed by atoms with E-state index in [4.69, 9.17) is 5.11 Å². The van der Waals surface area contributed by atoms with E-state index in [2.05, 4.69) is 15.3 Å². The zero-order valence-corrected chi connectivity index (χ0v) is 16.7. The van der Waals surface area contributed by atoms with Crippen LogP contribution >= 0.6 is 23.1 Å². The van der Waals surface area contributed by atoms with E-state index in [0.717, 1.165) is 15.3 Å². The molecule has 0 fully saturated rings. The Morgan fingerprint density at radius 3 is 2.77 bits per heavy atom. The Morgan fingerprint density at radius 1 is 1.35 bits per heavy atom. The number of rotatable bonds is 9. The number of carbonyl (C=O) groups excluding carboxylic acids is 1. The maximum absolute atomic E-state index is 12.2. The number of H-pyrrole nitrogens is 1. The van der Waals surface area contributed by atoms with Gasteiger partial charge in [-0.25, -0.2) is 4.98 Å². The maximum Gasteiger partial charge on any atom is 0.303 e. The first-order valence-electron chi connectivity index (χ1n) is 8.39. The van der Waals surface area contributed by atoms with Gasteiger partial charge in [0.05, 0.1) is 16.4 Å². The van der Waals surface area contributed by atoms with Gasteiger partial charge >= 0.3 is 5.97 Å². The summed E-state index contributed by atoms with van der Waals surface area (Å²) < 4.78 is 0. The molecule has 0 aliphatic carbocycles. The normalized spacial score (nSPS) is 12.3. The minimum Gasteiger partial charge on any atom is -0.481 e. The molecule has 142 valence electrons. The average molecular weight is 398 g/mol. The fourth-order valence-corrected chi connectivity index (χ4v) is 4.23. The Morgan fingerprint density at radius 2 is 2.08 bits per heavy atom. The molecule has 9 heteroatoms. The highest BCUT2D eigenvalue weighted by atomic mass is 32.2. The Balaban J connectivity index is 1.86. The number of nitrogens with one attached hydrogen (secondary N) is 2. The van der Waals surface area contributed by atoms with Gasteiger partial charge < -0.3 is 15.4 Å². The van der Waals surface area contributed by atoms with Gasteiger partial charge in [-0.2, -0.15) is 0 Å². The van der Waals surface area contributed by atoms with Crippen LogP contribution in [0.1, 0.15) is 42.5 Å². The molecule has 1 unspecified atom stereocenters. The van der Waals surface area contributed by atoms with Gasteiger partial charge in [-0.1, -0.05) is 0 Å². The van der Waals surface area contributed by atoms with Gasteiger partial charge in [0.2, 0.25) is 5.91 Å². The molecule has 26 heavy (non-hydrogen) atoms. The molecule has 0 aliphatic rings. The number of aromatic nitrogens is 2. The number of aliphatic carboxylic acids is 1. The van der Waals surface area contributed by atoms with Gasteiger partial charge in [0, 0.05) is 17.8 Å². The summed E-state index contributed by atoms with van der Waals surface area (Å²) in [7, 11) is 0. The van der Waals surface area contributed by atoms with Crippen molar-refractivity contribution in [2.24, 2.45) is 0 Å². The lowest BCUT2D eigenvalue weighted by atomic mass is 10.2. The molecule has 0 radical (unpaired) electrons. The number of carboxylic acids is 1. The second kappa shape index (κ2) is 9.18. The predicted molar refractivity (Wildman–Crippen MR) is 105 cm³/mol. The molecular formula is C17H23N3O4S2. The summed E-state index contributed by atoms with van der Waals surface area (Å²) in [6, 6.07) is 0. The summed E-state index contributed by atoms with van der Waals surface area (Å²) in [4.78, 5) is 43.8. The van der Waals surface area contributed by atoms with Crippen LogP contribution in [0.15, 0.2) is 4.79 Å². The van der Waals surface area contributed by atoms with Crippen molar-refractivity contribution in [1.82, 2.24) is 15.3 Å². The third-order valence-electron chi connectivity index (χ3n) is 4.04. The van der Waals surface area contributed by atoms with E-state index in [1.54, 1.807) is 6.92 Å². The first-order chi connectivity index (χ1) is 12.3. The molecule has 0 aliphatic heterocycles. The number of fused-ring (bicyclic) bond motifs is 1. The zero-order chi connectivity index (χ0) is 19.3. The van der Waals surface area contributed by atoms with E-state index in [9.17, 15) is 14.4 Å². The second-order valence-electron chi connectivity index (χ2n) is 6.07. The summed E-state index contributed by atoms with van der Waals surface area (Å²) >= 11 is 2.90. The molecule has 3 N–H and O–H groups in total. The third kappa shape index (κ3) is 5.31. The smallest absolute Gasteiger partial charge is 0.303 e. The number of unbranched alkanes of at least 4 members (excludes halogenated alkanes) is 1. The highest BCUT2D eigenvalue weighted by Gasteiger charge is 2.15. The second-order valence-corrected chi connectivity index (χ2v) is 8.60. The fourth-order valence-electron chi connectivity index (χ4n) is 2.40. The van der Waals surface area contributed by atoms with Crippen LogP contribution in [0.25, 0.3) is 10.2 Å². The van der Waals surface area contributed by atoms with Crippen LogP contribution in [0.5, 0.6) is 0 Å². The van der Waals surface area contributed by atoms with Gasteiger partial charge in [-0.15, -0.1) is 23.1 Å². The Kier molecular flexibility index (Phi) is 7.22. The lowest BCUT2D eigenvalue weighted by Gasteiger charge is -2.11. The van der Waals surface area contributed by atoms with Crippen LogP contribution in [0.3, 0.4) is 0 Å². The average Bonchev–Trinajstić information content (AvgIpc) is 2.86. The molecule has 2 aromatic heterocycles. The monoisotopic (exact) mass is 397 g/mol. The maximum atomic E-state index is 12.2. The van der Waals surface area contributed by atoms with E-state index in [1.165, 1.54) is 23.1 Å². The van der Waals surface area contributed by atoms with E-state index in [-0.39, 0.29) is 23.1 Å². The van der Waals surface area contributed by atoms with Crippen molar-refractivity contribution < 1.29 is 14.7 Å². The Bertz CT molecular complexity index is 860. The van der Waals surface area contributed by atoms with Gasteiger partial charge in [-0.05, 0) is 39.2 Å². The molecule has 2 rings (SSSR count). The van der Waals surface area contributed by atoms with Crippen molar-refractivity contribution in [3.63, 3.8) is 0 Å². The summed E-state index contributed by atoms with van der Waals surface area (Å²) in [5.74, 6) is 0.0793. The molecule has 2 heterocycles. The van der Waals surface area contributed by atoms with E-state index < -0.39 is 5.97 Å². The third-order valence-corrected chi connectivity index (χ3v) is 6.30. The first kappa shape index (κ1) is 20.4.